The maximum atomic E-state index is 12.5. The van der Waals surface area contributed by atoms with Gasteiger partial charge in [0.2, 0.25) is 5.91 Å². The fraction of sp³-hybridized carbons (Fsp3) is 0.412. The summed E-state index contributed by atoms with van der Waals surface area (Å²) in [6.45, 7) is 1.49. The predicted octanol–water partition coefficient (Wildman–Crippen LogP) is -1.21. The lowest BCUT2D eigenvalue weighted by Crippen LogP contribution is -2.54. The number of aliphatic hydroxyl groups is 1. The van der Waals surface area contributed by atoms with Crippen LogP contribution in [0, 0.1) is 0 Å². The lowest BCUT2D eigenvalue weighted by molar-refractivity contribution is -0.145. The average Bonchev–Trinajstić information content (AvgIpc) is 2.61. The van der Waals surface area contributed by atoms with Crippen molar-refractivity contribution >= 4 is 23.7 Å². The van der Waals surface area contributed by atoms with Crippen LogP contribution in [0.15, 0.2) is 35.3 Å². The molecule has 8 N–H and O–H groups in total. The first-order valence-corrected chi connectivity index (χ1v) is 8.35. The van der Waals surface area contributed by atoms with Crippen molar-refractivity contribution in [2.45, 2.75) is 38.0 Å². The zero-order chi connectivity index (χ0) is 20.4. The van der Waals surface area contributed by atoms with Gasteiger partial charge >= 0.3 is 5.97 Å². The topological polar surface area (TPSA) is 180 Å². The summed E-state index contributed by atoms with van der Waals surface area (Å²) in [4.78, 5) is 39.8. The fourth-order valence-corrected chi connectivity index (χ4v) is 2.25. The van der Waals surface area contributed by atoms with Crippen molar-refractivity contribution in [3.8, 4) is 0 Å². The number of nitrogens with zero attached hydrogens (tertiary/aromatic N) is 1. The van der Waals surface area contributed by atoms with E-state index in [-0.39, 0.29) is 18.9 Å². The highest BCUT2D eigenvalue weighted by atomic mass is 16.4. The molecule has 0 fully saturated rings. The monoisotopic (exact) mass is 379 g/mol. The Morgan fingerprint density at radius 3 is 2.30 bits per heavy atom. The van der Waals surface area contributed by atoms with Gasteiger partial charge in [-0.1, -0.05) is 18.2 Å². The van der Waals surface area contributed by atoms with Crippen molar-refractivity contribution in [1.82, 2.24) is 10.6 Å². The third-order valence-corrected chi connectivity index (χ3v) is 3.65. The number of hydrogen-bond donors (Lipinski definition) is 6. The third-order valence-electron chi connectivity index (χ3n) is 3.65. The predicted molar refractivity (Wildman–Crippen MR) is 98.9 cm³/mol. The van der Waals surface area contributed by atoms with E-state index in [4.69, 9.17) is 16.6 Å². The van der Waals surface area contributed by atoms with E-state index in [9.17, 15) is 19.5 Å². The molecule has 0 bridgehead atoms. The molecule has 10 nitrogen and oxygen atoms in total. The molecule has 0 aliphatic rings. The van der Waals surface area contributed by atoms with Gasteiger partial charge in [0.05, 0.1) is 6.10 Å². The second-order valence-corrected chi connectivity index (χ2v) is 5.91. The van der Waals surface area contributed by atoms with Gasteiger partial charge in [-0.15, -0.1) is 0 Å². The van der Waals surface area contributed by atoms with Crippen LogP contribution >= 0.6 is 0 Å². The number of benzene rings is 1. The average molecular weight is 379 g/mol. The van der Waals surface area contributed by atoms with E-state index in [0.717, 1.165) is 0 Å². The number of carbonyl (C=O) groups excluding carboxylic acids is 2. The normalized spacial score (nSPS) is 13.7. The second-order valence-electron chi connectivity index (χ2n) is 5.91. The molecule has 0 saturated carbocycles. The van der Waals surface area contributed by atoms with Crippen LogP contribution in [0.2, 0.25) is 0 Å². The van der Waals surface area contributed by atoms with Crippen LogP contribution in [0.25, 0.3) is 0 Å². The van der Waals surface area contributed by atoms with Crippen molar-refractivity contribution < 1.29 is 24.6 Å². The third kappa shape index (κ3) is 7.74. The molecule has 148 valence electrons. The molecular weight excluding hydrogens is 354 g/mol. The van der Waals surface area contributed by atoms with Crippen LogP contribution in [0.1, 0.15) is 30.1 Å². The first-order valence-electron chi connectivity index (χ1n) is 8.35. The molecule has 27 heavy (non-hydrogen) atoms. The maximum absolute atomic E-state index is 12.5. The number of carboxylic acid groups (broad SMARTS) is 1. The molecule has 0 radical (unpaired) electrons. The Kier molecular flexibility index (Phi) is 8.73. The summed E-state index contributed by atoms with van der Waals surface area (Å²) in [5.74, 6) is -2.69. The largest absolute Gasteiger partial charge is 0.480 e. The van der Waals surface area contributed by atoms with Crippen molar-refractivity contribution in [1.29, 1.82) is 0 Å². The van der Waals surface area contributed by atoms with Gasteiger partial charge in [-0.3, -0.25) is 14.6 Å². The Morgan fingerprint density at radius 2 is 1.78 bits per heavy atom. The molecule has 0 spiro atoms. The quantitative estimate of drug-likeness (QED) is 0.167. The second kappa shape index (κ2) is 10.8. The summed E-state index contributed by atoms with van der Waals surface area (Å²) in [7, 11) is 0. The summed E-state index contributed by atoms with van der Waals surface area (Å²) in [6.07, 6.45) is -0.760. The van der Waals surface area contributed by atoms with Gasteiger partial charge in [-0.25, -0.2) is 4.79 Å². The molecule has 0 aromatic heterocycles. The Morgan fingerprint density at radius 1 is 1.15 bits per heavy atom. The summed E-state index contributed by atoms with van der Waals surface area (Å²) in [5.41, 5.74) is 10.8. The Labute approximate surface area is 156 Å². The molecule has 0 saturated heterocycles. The molecular formula is C17H25N5O5. The van der Waals surface area contributed by atoms with Gasteiger partial charge in [0.15, 0.2) is 12.0 Å². The van der Waals surface area contributed by atoms with E-state index < -0.39 is 36.0 Å². The number of carboxylic acids is 1. The van der Waals surface area contributed by atoms with Crippen LogP contribution in [0.5, 0.6) is 0 Å². The number of rotatable bonds is 10. The highest BCUT2D eigenvalue weighted by Crippen LogP contribution is 2.05. The molecule has 3 atom stereocenters. The number of nitrogens with two attached hydrogens (primary N) is 2. The molecule has 1 rings (SSSR count). The lowest BCUT2D eigenvalue weighted by atomic mass is 10.1. The van der Waals surface area contributed by atoms with Gasteiger partial charge in [0, 0.05) is 12.1 Å². The minimum absolute atomic E-state index is 0.0932. The van der Waals surface area contributed by atoms with Gasteiger partial charge in [0.1, 0.15) is 6.04 Å². The molecule has 1 aromatic carbocycles. The number of guanidine groups is 1. The number of carbonyl (C=O) groups is 3. The summed E-state index contributed by atoms with van der Waals surface area (Å²) in [5, 5.41) is 23.4. The van der Waals surface area contributed by atoms with Crippen LogP contribution in [-0.4, -0.2) is 58.7 Å². The highest BCUT2D eigenvalue weighted by molar-refractivity contribution is 5.98. The molecule has 0 heterocycles. The highest BCUT2D eigenvalue weighted by Gasteiger charge is 2.29. The van der Waals surface area contributed by atoms with E-state index in [1.165, 1.54) is 6.92 Å². The van der Waals surface area contributed by atoms with Gasteiger partial charge < -0.3 is 32.3 Å². The SMILES string of the molecule is CC(O)[C@H](NC(=O)[C@H](CCCN=C(N)N)NC(=O)c1ccccc1)C(=O)O. The molecule has 1 unspecified atom stereocenters. The molecule has 2 amide bonds. The Balaban J connectivity index is 2.85. The smallest absolute Gasteiger partial charge is 0.328 e. The fourth-order valence-electron chi connectivity index (χ4n) is 2.25. The maximum Gasteiger partial charge on any atom is 0.328 e. The van der Waals surface area contributed by atoms with E-state index in [1.54, 1.807) is 30.3 Å². The van der Waals surface area contributed by atoms with E-state index in [1.807, 2.05) is 0 Å². The summed E-state index contributed by atoms with van der Waals surface area (Å²) < 4.78 is 0. The molecule has 0 aliphatic carbocycles. The van der Waals surface area contributed by atoms with E-state index in [0.29, 0.717) is 12.0 Å². The van der Waals surface area contributed by atoms with Crippen LogP contribution in [0.3, 0.4) is 0 Å². The van der Waals surface area contributed by atoms with Gasteiger partial charge in [0.25, 0.3) is 5.91 Å². The summed E-state index contributed by atoms with van der Waals surface area (Å²) >= 11 is 0. The zero-order valence-corrected chi connectivity index (χ0v) is 15.0. The number of amides is 2. The van der Waals surface area contributed by atoms with Crippen LogP contribution in [0.4, 0.5) is 0 Å². The molecule has 10 heteroatoms. The number of aliphatic imine (C=N–C) groups is 1. The first-order chi connectivity index (χ1) is 12.7. The minimum atomic E-state index is -1.49. The standard InChI is InChI=1S/C17H25N5O5/c1-10(23)13(16(26)27)22-15(25)12(8-5-9-20-17(18)19)21-14(24)11-6-3-2-4-7-11/h2-4,6-7,10,12-13,23H,5,8-9H2,1H3,(H,21,24)(H,22,25)(H,26,27)(H4,18,19,20)/t10?,12-,13-/m0/s1. The van der Waals surface area contributed by atoms with Crippen molar-refractivity contribution in [2.24, 2.45) is 16.5 Å². The molecule has 0 aliphatic heterocycles. The number of nitrogens with one attached hydrogen (secondary N) is 2. The Hall–Kier alpha value is -3.14. The zero-order valence-electron chi connectivity index (χ0n) is 15.0. The van der Waals surface area contributed by atoms with Crippen molar-refractivity contribution in [2.75, 3.05) is 6.54 Å². The van der Waals surface area contributed by atoms with E-state index >= 15 is 0 Å². The number of hydrogen-bond acceptors (Lipinski definition) is 5. The Bertz CT molecular complexity index is 674. The number of aliphatic carboxylic acids is 1. The lowest BCUT2D eigenvalue weighted by Gasteiger charge is -2.22. The number of aliphatic hydroxyl groups excluding tert-OH is 1. The van der Waals surface area contributed by atoms with Gasteiger partial charge in [-0.2, -0.15) is 0 Å². The first kappa shape index (κ1) is 21.9. The minimum Gasteiger partial charge on any atom is -0.480 e. The van der Waals surface area contributed by atoms with Crippen LogP contribution in [-0.2, 0) is 9.59 Å². The molecule has 1 aromatic rings. The van der Waals surface area contributed by atoms with Crippen molar-refractivity contribution in [3.05, 3.63) is 35.9 Å². The van der Waals surface area contributed by atoms with Crippen LogP contribution < -0.4 is 22.1 Å². The van der Waals surface area contributed by atoms with Gasteiger partial charge in [-0.05, 0) is 31.9 Å². The van der Waals surface area contributed by atoms with Crippen molar-refractivity contribution in [3.63, 3.8) is 0 Å². The summed E-state index contributed by atoms with van der Waals surface area (Å²) in [6, 6.07) is 5.75. The van der Waals surface area contributed by atoms with E-state index in [2.05, 4.69) is 15.6 Å².